The zero-order valence-corrected chi connectivity index (χ0v) is 7.38. The molecule has 3 N–H and O–H groups in total. The van der Waals surface area contributed by atoms with Gasteiger partial charge in [-0.05, 0) is 18.9 Å². The smallest absolute Gasteiger partial charge is 0.316 e. The van der Waals surface area contributed by atoms with Crippen molar-refractivity contribution < 1.29 is 12.6 Å². The fourth-order valence-corrected chi connectivity index (χ4v) is 2.57. The Kier molecular flexibility index (Phi) is 1.87. The van der Waals surface area contributed by atoms with Crippen molar-refractivity contribution in [2.75, 3.05) is 13.1 Å². The van der Waals surface area contributed by atoms with E-state index in [1.807, 2.05) is 0 Å². The minimum absolute atomic E-state index is 0.181. The molecule has 12 heavy (non-hydrogen) atoms. The minimum Gasteiger partial charge on any atom is -0.316 e. The highest BCUT2D eigenvalue weighted by Gasteiger charge is 2.46. The van der Waals surface area contributed by atoms with Crippen LogP contribution in [-0.4, -0.2) is 27.6 Å². The van der Waals surface area contributed by atoms with E-state index >= 15 is 0 Å². The second-order valence-electron chi connectivity index (χ2n) is 3.45. The van der Waals surface area contributed by atoms with Crippen molar-refractivity contribution in [3.8, 4) is 0 Å². The number of fused-ring (bicyclic) bond motifs is 1. The van der Waals surface area contributed by atoms with Crippen LogP contribution in [0.4, 0.5) is 0 Å². The second-order valence-corrected chi connectivity index (χ2v) is 4.62. The molecule has 1 saturated heterocycles. The summed E-state index contributed by atoms with van der Waals surface area (Å²) < 4.78 is 25.8. The van der Waals surface area contributed by atoms with Gasteiger partial charge in [-0.2, -0.15) is 8.42 Å². The summed E-state index contributed by atoms with van der Waals surface area (Å²) in [4.78, 5) is 0. The van der Waals surface area contributed by atoms with E-state index in [2.05, 4.69) is 5.32 Å². The number of rotatable bonds is 2. The molecule has 5 nitrogen and oxygen atoms in total. The van der Waals surface area contributed by atoms with Crippen molar-refractivity contribution in [3.63, 3.8) is 0 Å². The summed E-state index contributed by atoms with van der Waals surface area (Å²) in [5, 5.41) is 7.94. The van der Waals surface area contributed by atoms with Crippen molar-refractivity contribution in [2.45, 2.75) is 12.5 Å². The Morgan fingerprint density at radius 1 is 1.42 bits per heavy atom. The molecule has 2 fully saturated rings. The third-order valence-electron chi connectivity index (χ3n) is 2.66. The van der Waals surface area contributed by atoms with Gasteiger partial charge in [-0.1, -0.05) is 0 Å². The molecule has 1 heterocycles. The summed E-state index contributed by atoms with van der Waals surface area (Å²) >= 11 is 0. The molecule has 0 amide bonds. The summed E-state index contributed by atoms with van der Waals surface area (Å²) in [6.07, 6.45) is 0.633. The van der Waals surface area contributed by atoms with Gasteiger partial charge in [0.25, 0.3) is 0 Å². The Morgan fingerprint density at radius 2 is 2.17 bits per heavy atom. The highest BCUT2D eigenvalue weighted by Crippen LogP contribution is 2.39. The van der Waals surface area contributed by atoms with Gasteiger partial charge in [0.05, 0.1) is 6.10 Å². The lowest BCUT2D eigenvalue weighted by Gasteiger charge is -2.37. The number of hydrogen-bond donors (Lipinski definition) is 2. The largest absolute Gasteiger partial charge is 0.333 e. The maximum Gasteiger partial charge on any atom is 0.333 e. The first-order chi connectivity index (χ1) is 5.56. The van der Waals surface area contributed by atoms with Crippen LogP contribution in [0.2, 0.25) is 0 Å². The molecule has 2 rings (SSSR count). The number of hydrogen-bond acceptors (Lipinski definition) is 4. The Hall–Kier alpha value is -0.170. The van der Waals surface area contributed by atoms with E-state index < -0.39 is 10.3 Å². The van der Waals surface area contributed by atoms with Crippen LogP contribution >= 0.6 is 0 Å². The average Bonchev–Trinajstić information content (AvgIpc) is 2.24. The van der Waals surface area contributed by atoms with Crippen molar-refractivity contribution >= 4 is 10.3 Å². The molecule has 3 atom stereocenters. The molecule has 0 aromatic carbocycles. The van der Waals surface area contributed by atoms with Crippen LogP contribution in [0.25, 0.3) is 0 Å². The van der Waals surface area contributed by atoms with Gasteiger partial charge in [0.1, 0.15) is 0 Å². The maximum atomic E-state index is 10.6. The van der Waals surface area contributed by atoms with Crippen LogP contribution < -0.4 is 10.5 Å². The lowest BCUT2D eigenvalue weighted by molar-refractivity contribution is 0.0221. The third-order valence-corrected chi connectivity index (χ3v) is 3.18. The van der Waals surface area contributed by atoms with Crippen molar-refractivity contribution in [2.24, 2.45) is 17.0 Å². The number of nitrogens with two attached hydrogens (primary N) is 1. The number of nitrogens with one attached hydrogen (secondary N) is 1. The van der Waals surface area contributed by atoms with Crippen molar-refractivity contribution in [1.29, 1.82) is 0 Å². The molecule has 6 heteroatoms. The van der Waals surface area contributed by atoms with Gasteiger partial charge >= 0.3 is 10.3 Å². The molecule has 0 radical (unpaired) electrons. The topological polar surface area (TPSA) is 81.4 Å². The van der Waals surface area contributed by atoms with Gasteiger partial charge in [-0.15, -0.1) is 0 Å². The van der Waals surface area contributed by atoms with Gasteiger partial charge in [0.2, 0.25) is 0 Å². The normalized spacial score (nSPS) is 40.6. The lowest BCUT2D eigenvalue weighted by atomic mass is 9.74. The summed E-state index contributed by atoms with van der Waals surface area (Å²) in [5.41, 5.74) is 0. The van der Waals surface area contributed by atoms with Crippen LogP contribution in [0, 0.1) is 11.8 Å². The third kappa shape index (κ3) is 1.47. The lowest BCUT2D eigenvalue weighted by Crippen LogP contribution is -2.44. The molecular weight excluding hydrogens is 180 g/mol. The predicted octanol–water partition coefficient (Wildman–Crippen LogP) is -1.19. The summed E-state index contributed by atoms with van der Waals surface area (Å²) in [7, 11) is -3.75. The van der Waals surface area contributed by atoms with E-state index in [1.165, 1.54) is 0 Å². The van der Waals surface area contributed by atoms with E-state index in [1.54, 1.807) is 0 Å². The van der Waals surface area contributed by atoms with Gasteiger partial charge in [0.15, 0.2) is 0 Å². The van der Waals surface area contributed by atoms with E-state index in [0.717, 1.165) is 19.5 Å². The summed E-state index contributed by atoms with van der Waals surface area (Å²) in [6.45, 7) is 1.83. The van der Waals surface area contributed by atoms with E-state index in [4.69, 9.17) is 9.32 Å². The van der Waals surface area contributed by atoms with Gasteiger partial charge in [-0.25, -0.2) is 5.14 Å². The first-order valence-corrected chi connectivity index (χ1v) is 5.45. The van der Waals surface area contributed by atoms with Crippen LogP contribution in [0.5, 0.6) is 0 Å². The fourth-order valence-electron chi connectivity index (χ4n) is 2.01. The molecule has 1 aliphatic heterocycles. The van der Waals surface area contributed by atoms with Crippen molar-refractivity contribution in [3.05, 3.63) is 0 Å². The molecule has 0 aromatic rings. The summed E-state index contributed by atoms with van der Waals surface area (Å²) in [6, 6.07) is 0. The van der Waals surface area contributed by atoms with Crippen LogP contribution in [0.3, 0.4) is 0 Å². The first-order valence-electron chi connectivity index (χ1n) is 3.98. The van der Waals surface area contributed by atoms with Crippen LogP contribution in [0.1, 0.15) is 6.42 Å². The second kappa shape index (κ2) is 2.66. The van der Waals surface area contributed by atoms with Gasteiger partial charge in [0, 0.05) is 12.5 Å². The van der Waals surface area contributed by atoms with Crippen LogP contribution in [-0.2, 0) is 14.5 Å². The van der Waals surface area contributed by atoms with Crippen LogP contribution in [0.15, 0.2) is 0 Å². The highest BCUT2D eigenvalue weighted by molar-refractivity contribution is 7.84. The molecular formula is C6H12N2O3S. The highest BCUT2D eigenvalue weighted by atomic mass is 32.2. The van der Waals surface area contributed by atoms with Gasteiger partial charge < -0.3 is 5.32 Å². The average molecular weight is 192 g/mol. The zero-order valence-electron chi connectivity index (χ0n) is 6.56. The Morgan fingerprint density at radius 3 is 2.75 bits per heavy atom. The van der Waals surface area contributed by atoms with Crippen molar-refractivity contribution in [1.82, 2.24) is 5.32 Å². The predicted molar refractivity (Wildman–Crippen MR) is 42.4 cm³/mol. The zero-order chi connectivity index (χ0) is 8.77. The Balaban J connectivity index is 1.93. The molecule has 70 valence electrons. The Labute approximate surface area is 71.5 Å². The monoisotopic (exact) mass is 192 g/mol. The fraction of sp³-hybridized carbons (Fsp3) is 1.00. The molecule has 1 unspecified atom stereocenters. The maximum absolute atomic E-state index is 10.6. The van der Waals surface area contributed by atoms with E-state index in [9.17, 15) is 8.42 Å². The standard InChI is InChI=1S/C6H12N2O3S/c7-12(9,10)11-6-1-4-2-8-3-5(4)6/h4-6,8H,1-3H2,(H2,7,9,10)/t4-,5+,6?/m1/s1. The Bertz CT molecular complexity index is 277. The minimum atomic E-state index is -3.75. The molecule has 2 aliphatic rings. The van der Waals surface area contributed by atoms with E-state index in [0.29, 0.717) is 11.8 Å². The quantitative estimate of drug-likeness (QED) is 0.576. The molecule has 1 aliphatic carbocycles. The van der Waals surface area contributed by atoms with E-state index in [-0.39, 0.29) is 6.10 Å². The molecule has 1 saturated carbocycles. The molecule has 0 spiro atoms. The van der Waals surface area contributed by atoms with Gasteiger partial charge in [-0.3, -0.25) is 4.18 Å². The first kappa shape index (κ1) is 8.43. The SMILES string of the molecule is NS(=O)(=O)OC1C[C@@H]2CNC[C@H]12. The molecule has 0 aromatic heterocycles. The summed E-state index contributed by atoms with van der Waals surface area (Å²) in [5.74, 6) is 0.945. The molecule has 0 bridgehead atoms.